The van der Waals surface area contributed by atoms with Gasteiger partial charge in [-0.25, -0.2) is 0 Å². The van der Waals surface area contributed by atoms with Crippen molar-refractivity contribution >= 4 is 11.6 Å². The van der Waals surface area contributed by atoms with Gasteiger partial charge in [-0.05, 0) is 57.7 Å². The SMILES string of the molecule is COc1cc(CNCCCCN(C)C)cc(Cl)c1OC. The first kappa shape index (κ1) is 17.1. The predicted molar refractivity (Wildman–Crippen MR) is 84.1 cm³/mol. The van der Waals surface area contributed by atoms with E-state index in [1.54, 1.807) is 14.2 Å². The van der Waals surface area contributed by atoms with Gasteiger partial charge in [0.1, 0.15) is 0 Å². The van der Waals surface area contributed by atoms with E-state index in [1.165, 1.54) is 12.8 Å². The Kier molecular flexibility index (Phi) is 7.73. The smallest absolute Gasteiger partial charge is 0.179 e. The molecular weight excluding hydrogens is 276 g/mol. The molecule has 0 unspecified atom stereocenters. The standard InChI is InChI=1S/C15H25ClN2O2/c1-18(2)8-6-5-7-17-11-12-9-13(16)15(20-4)14(10-12)19-3/h9-10,17H,5-8,11H2,1-4H3. The first-order valence-corrected chi connectivity index (χ1v) is 7.22. The van der Waals surface area contributed by atoms with Gasteiger partial charge in [0.25, 0.3) is 0 Å². The topological polar surface area (TPSA) is 33.7 Å². The maximum Gasteiger partial charge on any atom is 0.179 e. The van der Waals surface area contributed by atoms with Crippen molar-refractivity contribution in [2.45, 2.75) is 19.4 Å². The Morgan fingerprint density at radius 3 is 2.50 bits per heavy atom. The molecule has 0 saturated heterocycles. The summed E-state index contributed by atoms with van der Waals surface area (Å²) in [6.45, 7) is 2.91. The minimum absolute atomic E-state index is 0.580. The number of ether oxygens (including phenoxy) is 2. The molecule has 0 aromatic heterocycles. The zero-order valence-electron chi connectivity index (χ0n) is 12.8. The lowest BCUT2D eigenvalue weighted by Gasteiger charge is -2.12. The summed E-state index contributed by atoms with van der Waals surface area (Å²) >= 11 is 6.17. The number of nitrogens with zero attached hydrogens (tertiary/aromatic N) is 1. The number of hydrogen-bond donors (Lipinski definition) is 1. The molecule has 0 radical (unpaired) electrons. The summed E-state index contributed by atoms with van der Waals surface area (Å²) in [5.74, 6) is 1.26. The van der Waals surface area contributed by atoms with Crippen LogP contribution in [0.25, 0.3) is 0 Å². The summed E-state index contributed by atoms with van der Waals surface area (Å²) in [6, 6.07) is 3.87. The third-order valence-corrected chi connectivity index (χ3v) is 3.31. The molecule has 0 atom stereocenters. The highest BCUT2D eigenvalue weighted by atomic mass is 35.5. The van der Waals surface area contributed by atoms with Crippen molar-refractivity contribution in [1.82, 2.24) is 10.2 Å². The van der Waals surface area contributed by atoms with Crippen molar-refractivity contribution in [2.24, 2.45) is 0 Å². The van der Waals surface area contributed by atoms with E-state index >= 15 is 0 Å². The van der Waals surface area contributed by atoms with Crippen molar-refractivity contribution in [3.05, 3.63) is 22.7 Å². The van der Waals surface area contributed by atoms with Crippen molar-refractivity contribution in [1.29, 1.82) is 0 Å². The fourth-order valence-corrected chi connectivity index (χ4v) is 2.29. The third kappa shape index (κ3) is 5.57. The molecule has 4 nitrogen and oxygen atoms in total. The van der Waals surface area contributed by atoms with E-state index < -0.39 is 0 Å². The zero-order chi connectivity index (χ0) is 15.0. The van der Waals surface area contributed by atoms with Gasteiger partial charge in [-0.2, -0.15) is 0 Å². The average Bonchev–Trinajstić information content (AvgIpc) is 2.41. The van der Waals surface area contributed by atoms with Crippen molar-refractivity contribution in [2.75, 3.05) is 41.4 Å². The van der Waals surface area contributed by atoms with Crippen molar-refractivity contribution in [3.63, 3.8) is 0 Å². The highest BCUT2D eigenvalue weighted by Gasteiger charge is 2.10. The van der Waals surface area contributed by atoms with Gasteiger partial charge < -0.3 is 19.7 Å². The molecule has 0 bridgehead atoms. The third-order valence-electron chi connectivity index (χ3n) is 3.03. The van der Waals surface area contributed by atoms with Crippen LogP contribution in [0, 0.1) is 0 Å². The normalized spacial score (nSPS) is 10.9. The van der Waals surface area contributed by atoms with E-state index in [0.717, 1.165) is 25.2 Å². The number of unbranched alkanes of at least 4 members (excludes halogenated alkanes) is 1. The van der Waals surface area contributed by atoms with E-state index in [4.69, 9.17) is 21.1 Å². The number of benzene rings is 1. The molecule has 0 heterocycles. The first-order chi connectivity index (χ1) is 9.58. The summed E-state index contributed by atoms with van der Waals surface area (Å²) < 4.78 is 10.5. The Labute approximate surface area is 127 Å². The average molecular weight is 301 g/mol. The molecule has 0 spiro atoms. The van der Waals surface area contributed by atoms with Crippen molar-refractivity contribution in [3.8, 4) is 11.5 Å². The summed E-state index contributed by atoms with van der Waals surface area (Å²) in [5.41, 5.74) is 1.10. The first-order valence-electron chi connectivity index (χ1n) is 6.84. The van der Waals surface area contributed by atoms with E-state index in [1.807, 2.05) is 12.1 Å². The Hall–Kier alpha value is -0.970. The van der Waals surface area contributed by atoms with Crippen LogP contribution in [0.2, 0.25) is 5.02 Å². The molecular formula is C15H25ClN2O2. The second kappa shape index (κ2) is 9.06. The fourth-order valence-electron chi connectivity index (χ4n) is 1.98. The maximum absolute atomic E-state index is 6.17. The lowest BCUT2D eigenvalue weighted by molar-refractivity contribution is 0.354. The van der Waals surface area contributed by atoms with Gasteiger partial charge >= 0.3 is 0 Å². The van der Waals surface area contributed by atoms with Gasteiger partial charge in [0.15, 0.2) is 11.5 Å². The largest absolute Gasteiger partial charge is 0.493 e. The Morgan fingerprint density at radius 1 is 1.15 bits per heavy atom. The summed E-state index contributed by atoms with van der Waals surface area (Å²) in [4.78, 5) is 2.20. The van der Waals surface area contributed by atoms with Gasteiger partial charge in [0.2, 0.25) is 0 Å². The molecule has 5 heteroatoms. The summed E-state index contributed by atoms with van der Waals surface area (Å²) in [5, 5.41) is 4.00. The van der Waals surface area contributed by atoms with E-state index in [-0.39, 0.29) is 0 Å². The van der Waals surface area contributed by atoms with Gasteiger partial charge in [-0.15, -0.1) is 0 Å². The van der Waals surface area contributed by atoms with Gasteiger partial charge in [-0.1, -0.05) is 11.6 Å². The second-order valence-corrected chi connectivity index (χ2v) is 5.41. The molecule has 0 aliphatic rings. The highest BCUT2D eigenvalue weighted by molar-refractivity contribution is 6.32. The minimum Gasteiger partial charge on any atom is -0.493 e. The van der Waals surface area contributed by atoms with Crippen LogP contribution in [0.3, 0.4) is 0 Å². The fraction of sp³-hybridized carbons (Fsp3) is 0.600. The van der Waals surface area contributed by atoms with E-state index in [2.05, 4.69) is 24.3 Å². The molecule has 0 amide bonds. The number of hydrogen-bond acceptors (Lipinski definition) is 4. The van der Waals surface area contributed by atoms with E-state index in [0.29, 0.717) is 16.5 Å². The highest BCUT2D eigenvalue weighted by Crippen LogP contribution is 2.35. The predicted octanol–water partition coefficient (Wildman–Crippen LogP) is 2.79. The van der Waals surface area contributed by atoms with Crippen LogP contribution in [-0.4, -0.2) is 46.3 Å². The van der Waals surface area contributed by atoms with Crippen LogP contribution >= 0.6 is 11.6 Å². The van der Waals surface area contributed by atoms with Crippen LogP contribution < -0.4 is 14.8 Å². The lowest BCUT2D eigenvalue weighted by Crippen LogP contribution is -2.18. The quantitative estimate of drug-likeness (QED) is 0.711. The number of nitrogens with one attached hydrogen (secondary N) is 1. The molecule has 0 aliphatic carbocycles. The lowest BCUT2D eigenvalue weighted by atomic mass is 10.2. The molecule has 1 aromatic carbocycles. The van der Waals surface area contributed by atoms with Gasteiger partial charge in [0.05, 0.1) is 19.2 Å². The van der Waals surface area contributed by atoms with E-state index in [9.17, 15) is 0 Å². The monoisotopic (exact) mass is 300 g/mol. The zero-order valence-corrected chi connectivity index (χ0v) is 13.6. The molecule has 0 saturated carbocycles. The van der Waals surface area contributed by atoms with Crippen LogP contribution in [0.15, 0.2) is 12.1 Å². The molecule has 114 valence electrons. The second-order valence-electron chi connectivity index (χ2n) is 5.00. The Balaban J connectivity index is 2.42. The molecule has 20 heavy (non-hydrogen) atoms. The molecule has 0 aliphatic heterocycles. The summed E-state index contributed by atoms with van der Waals surface area (Å²) in [7, 11) is 7.40. The van der Waals surface area contributed by atoms with Gasteiger partial charge in [-0.3, -0.25) is 0 Å². The molecule has 1 rings (SSSR count). The molecule has 1 N–H and O–H groups in total. The number of halogens is 1. The summed E-state index contributed by atoms with van der Waals surface area (Å²) in [6.07, 6.45) is 2.37. The van der Waals surface area contributed by atoms with Crippen LogP contribution in [0.4, 0.5) is 0 Å². The number of methoxy groups -OCH3 is 2. The minimum atomic E-state index is 0.580. The molecule has 1 aromatic rings. The number of rotatable bonds is 9. The Morgan fingerprint density at radius 2 is 1.90 bits per heavy atom. The van der Waals surface area contributed by atoms with Crippen LogP contribution in [0.5, 0.6) is 11.5 Å². The van der Waals surface area contributed by atoms with Crippen molar-refractivity contribution < 1.29 is 9.47 Å². The van der Waals surface area contributed by atoms with Crippen LogP contribution in [0.1, 0.15) is 18.4 Å². The Bertz CT molecular complexity index is 411. The maximum atomic E-state index is 6.17. The van der Waals surface area contributed by atoms with Crippen LogP contribution in [-0.2, 0) is 6.54 Å². The molecule has 0 fully saturated rings. The van der Waals surface area contributed by atoms with Gasteiger partial charge in [0, 0.05) is 6.54 Å².